The zero-order valence-corrected chi connectivity index (χ0v) is 12.8. The van der Waals surface area contributed by atoms with E-state index >= 15 is 0 Å². The van der Waals surface area contributed by atoms with E-state index in [-0.39, 0.29) is 5.75 Å². The summed E-state index contributed by atoms with van der Waals surface area (Å²) in [6.07, 6.45) is 0. The van der Waals surface area contributed by atoms with Gasteiger partial charge in [0.05, 0.1) is 5.75 Å². The van der Waals surface area contributed by atoms with Gasteiger partial charge in [0.25, 0.3) is 0 Å². The third-order valence-corrected chi connectivity index (χ3v) is 4.51. The molecule has 0 spiro atoms. The zero-order valence-electron chi connectivity index (χ0n) is 11.2. The van der Waals surface area contributed by atoms with E-state index < -0.39 is 5.97 Å². The van der Waals surface area contributed by atoms with Crippen LogP contribution in [0.5, 0.6) is 0 Å². The molecule has 0 bridgehead atoms. The Hall–Kier alpha value is -1.60. The number of anilines is 2. The number of benzene rings is 1. The van der Waals surface area contributed by atoms with Gasteiger partial charge in [-0.25, -0.2) is 0 Å². The van der Waals surface area contributed by atoms with Gasteiger partial charge in [0.1, 0.15) is 0 Å². The molecule has 20 heavy (non-hydrogen) atoms. The molecule has 1 heterocycles. The van der Waals surface area contributed by atoms with Crippen molar-refractivity contribution < 1.29 is 9.90 Å². The first-order valence-corrected chi connectivity index (χ1v) is 7.90. The van der Waals surface area contributed by atoms with E-state index in [0.717, 1.165) is 5.69 Å². The minimum absolute atomic E-state index is 0.00226. The van der Waals surface area contributed by atoms with Crippen molar-refractivity contribution in [2.45, 2.75) is 24.1 Å². The molecule has 0 atom stereocenters. The summed E-state index contributed by atoms with van der Waals surface area (Å²) < 4.78 is 0.647. The number of nitrogens with zero attached hydrogens (tertiary/aromatic N) is 2. The maximum absolute atomic E-state index is 10.5. The Morgan fingerprint density at radius 3 is 2.65 bits per heavy atom. The average molecular weight is 309 g/mol. The molecule has 2 rings (SSSR count). The Morgan fingerprint density at radius 1 is 1.35 bits per heavy atom. The summed E-state index contributed by atoms with van der Waals surface area (Å²) in [6.45, 7) is 4.30. The smallest absolute Gasteiger partial charge is 0.313 e. The van der Waals surface area contributed by atoms with Crippen molar-refractivity contribution in [2.75, 3.05) is 11.1 Å². The number of carboxylic acid groups (broad SMARTS) is 1. The number of aromatic nitrogens is 2. The standard InChI is InChI=1S/C13H15N3O2S2/c1-8(2)9-3-5-10(6-4-9)14-12-15-16-13(20-12)19-7-11(17)18/h3-6,8H,7H2,1-2H3,(H,14,15)(H,17,18). The molecule has 5 nitrogen and oxygen atoms in total. The van der Waals surface area contributed by atoms with Crippen molar-refractivity contribution in [2.24, 2.45) is 0 Å². The summed E-state index contributed by atoms with van der Waals surface area (Å²) >= 11 is 2.52. The van der Waals surface area contributed by atoms with E-state index in [0.29, 0.717) is 15.4 Å². The molecule has 0 radical (unpaired) electrons. The van der Waals surface area contributed by atoms with Crippen LogP contribution in [0.25, 0.3) is 0 Å². The van der Waals surface area contributed by atoms with Gasteiger partial charge >= 0.3 is 5.97 Å². The Kier molecular flexibility index (Phi) is 4.97. The van der Waals surface area contributed by atoms with E-state index in [1.807, 2.05) is 12.1 Å². The Labute approximate surface area is 125 Å². The van der Waals surface area contributed by atoms with Crippen molar-refractivity contribution in [3.8, 4) is 0 Å². The van der Waals surface area contributed by atoms with E-state index in [2.05, 4.69) is 41.5 Å². The number of hydrogen-bond acceptors (Lipinski definition) is 6. The molecule has 0 unspecified atom stereocenters. The molecule has 1 aromatic heterocycles. The quantitative estimate of drug-likeness (QED) is 0.794. The first-order chi connectivity index (χ1) is 9.54. The van der Waals surface area contributed by atoms with Gasteiger partial charge in [0.15, 0.2) is 4.34 Å². The number of aliphatic carboxylic acids is 1. The van der Waals surface area contributed by atoms with Crippen LogP contribution < -0.4 is 5.32 Å². The Morgan fingerprint density at radius 2 is 2.05 bits per heavy atom. The van der Waals surface area contributed by atoms with Crippen molar-refractivity contribution in [1.29, 1.82) is 0 Å². The molecule has 0 amide bonds. The van der Waals surface area contributed by atoms with Crippen molar-refractivity contribution in [3.63, 3.8) is 0 Å². The van der Waals surface area contributed by atoms with Gasteiger partial charge in [-0.1, -0.05) is 49.1 Å². The maximum Gasteiger partial charge on any atom is 0.313 e. The largest absolute Gasteiger partial charge is 0.481 e. The van der Waals surface area contributed by atoms with Gasteiger partial charge in [0.2, 0.25) is 5.13 Å². The summed E-state index contributed by atoms with van der Waals surface area (Å²) in [7, 11) is 0. The second kappa shape index (κ2) is 6.71. The molecular weight excluding hydrogens is 294 g/mol. The maximum atomic E-state index is 10.5. The van der Waals surface area contributed by atoms with E-state index in [4.69, 9.17) is 5.11 Å². The van der Waals surface area contributed by atoms with Gasteiger partial charge in [-0.15, -0.1) is 10.2 Å². The average Bonchev–Trinajstić information content (AvgIpc) is 2.84. The Balaban J connectivity index is 1.97. The minimum atomic E-state index is -0.857. The van der Waals surface area contributed by atoms with E-state index in [9.17, 15) is 4.79 Å². The number of carboxylic acids is 1. The molecule has 0 aliphatic carbocycles. The number of hydrogen-bond donors (Lipinski definition) is 2. The fourth-order valence-electron chi connectivity index (χ4n) is 1.52. The number of nitrogens with one attached hydrogen (secondary N) is 1. The zero-order chi connectivity index (χ0) is 14.5. The molecule has 1 aromatic carbocycles. The fourth-order valence-corrected chi connectivity index (χ4v) is 3.01. The van der Waals surface area contributed by atoms with Gasteiger partial charge in [-0.05, 0) is 23.6 Å². The monoisotopic (exact) mass is 309 g/mol. The number of thioether (sulfide) groups is 1. The van der Waals surface area contributed by atoms with Crippen LogP contribution in [0.15, 0.2) is 28.6 Å². The van der Waals surface area contributed by atoms with Crippen LogP contribution in [-0.2, 0) is 4.79 Å². The predicted molar refractivity (Wildman–Crippen MR) is 82.1 cm³/mol. The van der Waals surface area contributed by atoms with Crippen LogP contribution in [-0.4, -0.2) is 27.0 Å². The lowest BCUT2D eigenvalue weighted by molar-refractivity contribution is -0.133. The molecule has 2 N–H and O–H groups in total. The first kappa shape index (κ1) is 14.8. The van der Waals surface area contributed by atoms with Crippen molar-refractivity contribution in [3.05, 3.63) is 29.8 Å². The highest BCUT2D eigenvalue weighted by atomic mass is 32.2. The minimum Gasteiger partial charge on any atom is -0.481 e. The predicted octanol–water partition coefficient (Wildman–Crippen LogP) is 3.58. The van der Waals surface area contributed by atoms with E-state index in [1.54, 1.807) is 0 Å². The highest BCUT2D eigenvalue weighted by molar-refractivity contribution is 8.01. The molecule has 7 heteroatoms. The number of rotatable bonds is 6. The highest BCUT2D eigenvalue weighted by Gasteiger charge is 2.07. The van der Waals surface area contributed by atoms with Crippen molar-refractivity contribution >= 4 is 39.9 Å². The molecule has 0 aliphatic rings. The van der Waals surface area contributed by atoms with Gasteiger partial charge in [-0.3, -0.25) is 4.79 Å². The lowest BCUT2D eigenvalue weighted by Gasteiger charge is -2.06. The third kappa shape index (κ3) is 4.21. The molecule has 2 aromatic rings. The number of carbonyl (C=O) groups is 1. The van der Waals surface area contributed by atoms with Gasteiger partial charge in [0, 0.05) is 5.69 Å². The second-order valence-electron chi connectivity index (χ2n) is 4.46. The van der Waals surface area contributed by atoms with Crippen LogP contribution in [0.3, 0.4) is 0 Å². The molecule has 106 valence electrons. The van der Waals surface area contributed by atoms with Crippen LogP contribution in [0, 0.1) is 0 Å². The van der Waals surface area contributed by atoms with E-state index in [1.165, 1.54) is 28.7 Å². The molecule has 0 aliphatic heterocycles. The van der Waals surface area contributed by atoms with Crippen LogP contribution in [0.4, 0.5) is 10.8 Å². The second-order valence-corrected chi connectivity index (χ2v) is 6.66. The summed E-state index contributed by atoms with van der Waals surface area (Å²) in [6, 6.07) is 8.16. The SMILES string of the molecule is CC(C)c1ccc(Nc2nnc(SCC(=O)O)s2)cc1. The van der Waals surface area contributed by atoms with Gasteiger partial charge < -0.3 is 10.4 Å². The summed E-state index contributed by atoms with van der Waals surface area (Å²) in [5.74, 6) is -0.355. The molecular formula is C13H15N3O2S2. The normalized spacial score (nSPS) is 10.8. The lowest BCUT2D eigenvalue weighted by atomic mass is 10.0. The summed E-state index contributed by atoms with van der Waals surface area (Å²) in [5, 5.41) is 20.4. The topological polar surface area (TPSA) is 75.1 Å². The molecule has 0 saturated carbocycles. The fraction of sp³-hybridized carbons (Fsp3) is 0.308. The lowest BCUT2D eigenvalue weighted by Crippen LogP contribution is -1.96. The highest BCUT2D eigenvalue weighted by Crippen LogP contribution is 2.28. The molecule has 0 fully saturated rings. The van der Waals surface area contributed by atoms with Crippen molar-refractivity contribution in [1.82, 2.24) is 10.2 Å². The van der Waals surface area contributed by atoms with Crippen LogP contribution >= 0.6 is 23.1 Å². The third-order valence-electron chi connectivity index (χ3n) is 2.55. The molecule has 0 saturated heterocycles. The first-order valence-electron chi connectivity index (χ1n) is 6.09. The van der Waals surface area contributed by atoms with Gasteiger partial charge in [-0.2, -0.15) is 0 Å². The summed E-state index contributed by atoms with van der Waals surface area (Å²) in [4.78, 5) is 10.5. The van der Waals surface area contributed by atoms with Crippen LogP contribution in [0.1, 0.15) is 25.3 Å². The Bertz CT molecular complexity index is 582. The summed E-state index contributed by atoms with van der Waals surface area (Å²) in [5.41, 5.74) is 2.23. The van der Waals surface area contributed by atoms with Crippen LogP contribution in [0.2, 0.25) is 0 Å².